The van der Waals surface area contributed by atoms with Crippen LogP contribution in [0, 0.1) is 0 Å². The number of fused-ring (bicyclic) bond motifs is 1. The zero-order valence-corrected chi connectivity index (χ0v) is 4.59. The van der Waals surface area contributed by atoms with Gasteiger partial charge in [0.05, 0.1) is 11.9 Å². The second kappa shape index (κ2) is 1.31. The van der Waals surface area contributed by atoms with E-state index >= 15 is 0 Å². The predicted molar refractivity (Wildman–Crippen MR) is 32.8 cm³/mol. The molecule has 3 heteroatoms. The van der Waals surface area contributed by atoms with Gasteiger partial charge in [0, 0.05) is 17.9 Å². The molecular weight excluding hydrogens is 116 g/mol. The minimum atomic E-state index is -0.0533. The lowest BCUT2D eigenvalue weighted by Gasteiger charge is -1.89. The van der Waals surface area contributed by atoms with Crippen LogP contribution in [0.1, 0.15) is 0 Å². The highest BCUT2D eigenvalue weighted by atomic mass is 16.1. The molecule has 0 unspecified atom stereocenters. The van der Waals surface area contributed by atoms with Crippen molar-refractivity contribution in [3.8, 4) is 0 Å². The molecule has 0 atom stereocenters. The number of aliphatic imine (C=N–C) groups is 1. The van der Waals surface area contributed by atoms with E-state index in [1.807, 2.05) is 0 Å². The number of nitrogens with one attached hydrogen (secondary N) is 1. The lowest BCUT2D eigenvalue weighted by molar-refractivity contribution is -0.115. The Labute approximate surface area is 51.8 Å². The summed E-state index contributed by atoms with van der Waals surface area (Å²) >= 11 is 0. The zero-order chi connectivity index (χ0) is 6.27. The maximum absolute atomic E-state index is 10.6. The number of nitrogens with zero attached hydrogens (tertiary/aromatic N) is 1. The second-order valence-electron chi connectivity index (χ2n) is 1.91. The molecule has 0 aromatic rings. The van der Waals surface area contributed by atoms with Gasteiger partial charge in [-0.2, -0.15) is 0 Å². The van der Waals surface area contributed by atoms with Crippen molar-refractivity contribution in [2.75, 3.05) is 0 Å². The third kappa shape index (κ3) is 0.512. The first kappa shape index (κ1) is 4.49. The molecule has 44 valence electrons. The molecule has 0 spiro atoms. The Morgan fingerprint density at radius 1 is 1.56 bits per heavy atom. The molecule has 9 heavy (non-hydrogen) atoms. The molecule has 0 saturated heterocycles. The van der Waals surface area contributed by atoms with Gasteiger partial charge in [0.2, 0.25) is 5.91 Å². The molecular formula is C6H4N2O. The molecule has 3 nitrogen and oxygen atoms in total. The standard InChI is InChI=1S/C6H4N2O/c9-6-1-4-2-7-3-5(4)8-6/h1-3H,(H,8,9). The topological polar surface area (TPSA) is 41.5 Å². The molecule has 0 fully saturated rings. The minimum absolute atomic E-state index is 0.0533. The molecule has 2 heterocycles. The summed E-state index contributed by atoms with van der Waals surface area (Å²) in [6, 6.07) is 0. The Kier molecular flexibility index (Phi) is 0.656. The van der Waals surface area contributed by atoms with Crippen molar-refractivity contribution in [1.82, 2.24) is 5.32 Å². The third-order valence-corrected chi connectivity index (χ3v) is 1.27. The van der Waals surface area contributed by atoms with Crippen LogP contribution in [0.15, 0.2) is 28.5 Å². The molecule has 0 bridgehead atoms. The quantitative estimate of drug-likeness (QED) is 0.479. The molecule has 0 aromatic heterocycles. The van der Waals surface area contributed by atoms with Crippen LogP contribution in [-0.2, 0) is 4.79 Å². The Bertz CT molecular complexity index is 260. The van der Waals surface area contributed by atoms with E-state index in [2.05, 4.69) is 10.3 Å². The van der Waals surface area contributed by atoms with Gasteiger partial charge in [-0.15, -0.1) is 0 Å². The van der Waals surface area contributed by atoms with E-state index in [1.54, 1.807) is 12.4 Å². The highest BCUT2D eigenvalue weighted by Crippen LogP contribution is 2.15. The van der Waals surface area contributed by atoms with Gasteiger partial charge in [-0.05, 0) is 0 Å². The SMILES string of the molecule is O=C1C=C2C=NC=C2N1. The lowest BCUT2D eigenvalue weighted by atomic mass is 10.3. The summed E-state index contributed by atoms with van der Waals surface area (Å²) in [4.78, 5) is 14.4. The Hall–Kier alpha value is -1.38. The maximum atomic E-state index is 10.6. The van der Waals surface area contributed by atoms with Crippen LogP contribution >= 0.6 is 0 Å². The normalized spacial score (nSPS) is 21.1. The smallest absolute Gasteiger partial charge is 0.249 e. The van der Waals surface area contributed by atoms with Gasteiger partial charge in [-0.25, -0.2) is 0 Å². The fourth-order valence-electron chi connectivity index (χ4n) is 0.866. The van der Waals surface area contributed by atoms with Crippen LogP contribution < -0.4 is 5.32 Å². The molecule has 0 aromatic carbocycles. The molecule has 0 aliphatic carbocycles. The van der Waals surface area contributed by atoms with Crippen LogP contribution in [0.25, 0.3) is 0 Å². The number of carbonyl (C=O) groups is 1. The van der Waals surface area contributed by atoms with E-state index in [4.69, 9.17) is 0 Å². The predicted octanol–water partition coefficient (Wildman–Crippen LogP) is -0.0316. The van der Waals surface area contributed by atoms with Crippen molar-refractivity contribution >= 4 is 12.1 Å². The molecule has 0 saturated carbocycles. The van der Waals surface area contributed by atoms with Crippen LogP contribution in [-0.4, -0.2) is 12.1 Å². The summed E-state index contributed by atoms with van der Waals surface area (Å²) in [5.74, 6) is -0.0533. The van der Waals surface area contributed by atoms with Crippen molar-refractivity contribution in [3.05, 3.63) is 23.5 Å². The van der Waals surface area contributed by atoms with Gasteiger partial charge < -0.3 is 5.32 Å². The van der Waals surface area contributed by atoms with Gasteiger partial charge in [-0.3, -0.25) is 9.79 Å². The van der Waals surface area contributed by atoms with Gasteiger partial charge in [0.15, 0.2) is 0 Å². The molecule has 2 aliphatic heterocycles. The number of hydrogen-bond donors (Lipinski definition) is 1. The molecule has 2 rings (SSSR count). The molecule has 1 N–H and O–H groups in total. The number of rotatable bonds is 0. The molecule has 1 amide bonds. The van der Waals surface area contributed by atoms with E-state index in [0.717, 1.165) is 11.3 Å². The first-order valence-corrected chi connectivity index (χ1v) is 2.63. The van der Waals surface area contributed by atoms with Gasteiger partial charge in [0.1, 0.15) is 0 Å². The average molecular weight is 120 g/mol. The molecule has 0 radical (unpaired) electrons. The van der Waals surface area contributed by atoms with Crippen molar-refractivity contribution in [2.24, 2.45) is 4.99 Å². The summed E-state index contributed by atoms with van der Waals surface area (Å²) in [7, 11) is 0. The highest BCUT2D eigenvalue weighted by Gasteiger charge is 2.17. The van der Waals surface area contributed by atoms with E-state index in [9.17, 15) is 4.79 Å². The largest absolute Gasteiger partial charge is 0.321 e. The highest BCUT2D eigenvalue weighted by molar-refractivity contribution is 6.05. The van der Waals surface area contributed by atoms with E-state index in [1.165, 1.54) is 6.08 Å². The number of allylic oxidation sites excluding steroid dienone is 1. The Morgan fingerprint density at radius 2 is 2.44 bits per heavy atom. The monoisotopic (exact) mass is 120 g/mol. The summed E-state index contributed by atoms with van der Waals surface area (Å²) in [6.45, 7) is 0. The average Bonchev–Trinajstić information content (AvgIpc) is 2.22. The second-order valence-corrected chi connectivity index (χ2v) is 1.91. The van der Waals surface area contributed by atoms with Gasteiger partial charge >= 0.3 is 0 Å². The van der Waals surface area contributed by atoms with Crippen LogP contribution in [0.2, 0.25) is 0 Å². The summed E-state index contributed by atoms with van der Waals surface area (Å²) < 4.78 is 0. The van der Waals surface area contributed by atoms with Crippen molar-refractivity contribution in [2.45, 2.75) is 0 Å². The van der Waals surface area contributed by atoms with Gasteiger partial charge in [-0.1, -0.05) is 0 Å². The summed E-state index contributed by atoms with van der Waals surface area (Å²) in [6.07, 6.45) is 4.83. The Morgan fingerprint density at radius 3 is 3.22 bits per heavy atom. The number of carbonyl (C=O) groups excluding carboxylic acids is 1. The maximum Gasteiger partial charge on any atom is 0.249 e. The van der Waals surface area contributed by atoms with Crippen molar-refractivity contribution < 1.29 is 4.79 Å². The van der Waals surface area contributed by atoms with Crippen molar-refractivity contribution in [3.63, 3.8) is 0 Å². The van der Waals surface area contributed by atoms with Crippen LogP contribution in [0.3, 0.4) is 0 Å². The van der Waals surface area contributed by atoms with E-state index in [-0.39, 0.29) is 5.91 Å². The van der Waals surface area contributed by atoms with Gasteiger partial charge in [0.25, 0.3) is 0 Å². The fraction of sp³-hybridized carbons (Fsp3) is 0. The first-order chi connectivity index (χ1) is 4.36. The lowest BCUT2D eigenvalue weighted by Crippen LogP contribution is -2.12. The van der Waals surface area contributed by atoms with E-state index < -0.39 is 0 Å². The zero-order valence-electron chi connectivity index (χ0n) is 4.59. The third-order valence-electron chi connectivity index (χ3n) is 1.27. The fourth-order valence-corrected chi connectivity index (χ4v) is 0.866. The first-order valence-electron chi connectivity index (χ1n) is 2.63. The van der Waals surface area contributed by atoms with E-state index in [0.29, 0.717) is 0 Å². The van der Waals surface area contributed by atoms with Crippen molar-refractivity contribution in [1.29, 1.82) is 0 Å². The number of amides is 1. The van der Waals surface area contributed by atoms with Crippen LogP contribution in [0.4, 0.5) is 0 Å². The summed E-state index contributed by atoms with van der Waals surface area (Å²) in [5.41, 5.74) is 1.71. The van der Waals surface area contributed by atoms with Crippen LogP contribution in [0.5, 0.6) is 0 Å². The minimum Gasteiger partial charge on any atom is -0.321 e. The number of hydrogen-bond acceptors (Lipinski definition) is 2. The molecule has 2 aliphatic rings. The summed E-state index contributed by atoms with van der Waals surface area (Å²) in [5, 5.41) is 2.62. The Balaban J connectivity index is 2.51.